The Balaban J connectivity index is 2.46. The molecule has 1 aliphatic heterocycles. The van der Waals surface area contributed by atoms with Gasteiger partial charge in [0.05, 0.1) is 12.1 Å². The largest absolute Gasteiger partial charge is 0.478 e. The summed E-state index contributed by atoms with van der Waals surface area (Å²) in [6.45, 7) is 0.314. The number of fused-ring (bicyclic) bond motifs is 1. The molecule has 1 heterocycles. The normalized spacial score (nSPS) is 13.2. The summed E-state index contributed by atoms with van der Waals surface area (Å²) in [6, 6.07) is 4.51. The summed E-state index contributed by atoms with van der Waals surface area (Å²) < 4.78 is 0. The molecule has 0 spiro atoms. The van der Waals surface area contributed by atoms with Crippen molar-refractivity contribution in [2.45, 2.75) is 6.54 Å². The first kappa shape index (κ1) is 9.39. The number of nitrogens with zero attached hydrogens (tertiary/aromatic N) is 1. The molecule has 0 bridgehead atoms. The fourth-order valence-corrected chi connectivity index (χ4v) is 1.55. The van der Waals surface area contributed by atoms with Crippen molar-refractivity contribution in [3.05, 3.63) is 34.9 Å². The molecule has 0 atom stereocenters. The molecular formula is C10H8N2O3. The smallest absolute Gasteiger partial charge is 0.335 e. The lowest BCUT2D eigenvalue weighted by atomic mass is 10.0. The van der Waals surface area contributed by atoms with Crippen molar-refractivity contribution in [2.75, 3.05) is 0 Å². The van der Waals surface area contributed by atoms with Gasteiger partial charge in [0.15, 0.2) is 0 Å². The van der Waals surface area contributed by atoms with Gasteiger partial charge in [0, 0.05) is 5.56 Å². The Morgan fingerprint density at radius 2 is 2.13 bits per heavy atom. The van der Waals surface area contributed by atoms with Gasteiger partial charge in [-0.3, -0.25) is 9.79 Å². The number of hydrogen-bond acceptors (Lipinski definition) is 3. The second-order valence-corrected chi connectivity index (χ2v) is 3.21. The van der Waals surface area contributed by atoms with Crippen LogP contribution in [0.15, 0.2) is 23.2 Å². The standard InChI is InChI=1S/C10H8N2O3/c11-9(13)8-7-2-1-5(10(14)15)3-6(7)4-12-8/h1-3H,4H2,(H2,11,13)(H,14,15). The maximum absolute atomic E-state index is 11.0. The maximum Gasteiger partial charge on any atom is 0.335 e. The van der Waals surface area contributed by atoms with E-state index in [0.29, 0.717) is 12.1 Å². The number of amides is 1. The summed E-state index contributed by atoms with van der Waals surface area (Å²) in [5.74, 6) is -1.58. The van der Waals surface area contributed by atoms with Crippen LogP contribution in [0.3, 0.4) is 0 Å². The van der Waals surface area contributed by atoms with Crippen molar-refractivity contribution in [2.24, 2.45) is 10.7 Å². The van der Waals surface area contributed by atoms with Gasteiger partial charge in [-0.25, -0.2) is 4.79 Å². The highest BCUT2D eigenvalue weighted by Gasteiger charge is 2.20. The monoisotopic (exact) mass is 204 g/mol. The molecule has 0 saturated heterocycles. The number of hydrogen-bond donors (Lipinski definition) is 2. The molecule has 0 unspecified atom stereocenters. The average Bonchev–Trinajstić information content (AvgIpc) is 2.59. The van der Waals surface area contributed by atoms with E-state index >= 15 is 0 Å². The second-order valence-electron chi connectivity index (χ2n) is 3.21. The number of primary amides is 1. The average molecular weight is 204 g/mol. The Hall–Kier alpha value is -2.17. The van der Waals surface area contributed by atoms with Crippen LogP contribution in [0, 0.1) is 0 Å². The third kappa shape index (κ3) is 1.48. The van der Waals surface area contributed by atoms with Gasteiger partial charge in [-0.15, -0.1) is 0 Å². The summed E-state index contributed by atoms with van der Waals surface area (Å²) in [5.41, 5.74) is 6.90. The minimum absolute atomic E-state index is 0.190. The quantitative estimate of drug-likeness (QED) is 0.719. The van der Waals surface area contributed by atoms with E-state index in [1.54, 1.807) is 6.07 Å². The topological polar surface area (TPSA) is 92.8 Å². The van der Waals surface area contributed by atoms with E-state index in [2.05, 4.69) is 4.99 Å². The molecule has 0 aliphatic carbocycles. The van der Waals surface area contributed by atoms with Crippen LogP contribution < -0.4 is 5.73 Å². The number of carboxylic acid groups (broad SMARTS) is 1. The molecule has 2 rings (SSSR count). The van der Waals surface area contributed by atoms with E-state index in [1.165, 1.54) is 12.1 Å². The molecule has 0 fully saturated rings. The number of aromatic carboxylic acids is 1. The van der Waals surface area contributed by atoms with Gasteiger partial charge in [0.25, 0.3) is 5.91 Å². The van der Waals surface area contributed by atoms with Gasteiger partial charge in [-0.05, 0) is 17.7 Å². The number of aliphatic imine (C=N–C) groups is 1. The van der Waals surface area contributed by atoms with Crippen molar-refractivity contribution < 1.29 is 14.7 Å². The lowest BCUT2D eigenvalue weighted by Gasteiger charge is -2.01. The van der Waals surface area contributed by atoms with Gasteiger partial charge in [-0.1, -0.05) is 6.07 Å². The molecule has 5 nitrogen and oxygen atoms in total. The minimum Gasteiger partial charge on any atom is -0.478 e. The molecule has 15 heavy (non-hydrogen) atoms. The summed E-state index contributed by atoms with van der Waals surface area (Å²) in [6.07, 6.45) is 0. The number of nitrogens with two attached hydrogens (primary N) is 1. The van der Waals surface area contributed by atoms with Crippen LogP contribution in [0.5, 0.6) is 0 Å². The Labute approximate surface area is 85.2 Å². The highest BCUT2D eigenvalue weighted by Crippen LogP contribution is 2.20. The zero-order chi connectivity index (χ0) is 11.0. The third-order valence-electron chi connectivity index (χ3n) is 2.25. The molecule has 1 aromatic rings. The summed E-state index contributed by atoms with van der Waals surface area (Å²) in [7, 11) is 0. The van der Waals surface area contributed by atoms with E-state index in [0.717, 1.165) is 5.56 Å². The fraction of sp³-hybridized carbons (Fsp3) is 0.100. The van der Waals surface area contributed by atoms with E-state index in [9.17, 15) is 9.59 Å². The molecule has 5 heteroatoms. The highest BCUT2D eigenvalue weighted by molar-refractivity contribution is 6.45. The SMILES string of the molecule is NC(=O)C1=NCc2cc(C(=O)O)ccc21. The molecule has 0 saturated carbocycles. The number of rotatable bonds is 2. The number of benzene rings is 1. The highest BCUT2D eigenvalue weighted by atomic mass is 16.4. The van der Waals surface area contributed by atoms with E-state index < -0.39 is 11.9 Å². The second kappa shape index (κ2) is 3.20. The van der Waals surface area contributed by atoms with Crippen LogP contribution in [0.2, 0.25) is 0 Å². The van der Waals surface area contributed by atoms with Crippen LogP contribution in [0.25, 0.3) is 0 Å². The first-order chi connectivity index (χ1) is 7.09. The zero-order valence-corrected chi connectivity index (χ0v) is 7.73. The predicted molar refractivity (Wildman–Crippen MR) is 52.8 cm³/mol. The van der Waals surface area contributed by atoms with Gasteiger partial charge in [0.1, 0.15) is 5.71 Å². The molecule has 0 radical (unpaired) electrons. The number of carbonyl (C=O) groups is 2. The van der Waals surface area contributed by atoms with E-state index in [4.69, 9.17) is 10.8 Å². The fourth-order valence-electron chi connectivity index (χ4n) is 1.55. The Morgan fingerprint density at radius 1 is 1.40 bits per heavy atom. The third-order valence-corrected chi connectivity index (χ3v) is 2.25. The number of carboxylic acids is 1. The van der Waals surface area contributed by atoms with Crippen LogP contribution in [0.1, 0.15) is 21.5 Å². The summed E-state index contributed by atoms with van der Waals surface area (Å²) >= 11 is 0. The van der Waals surface area contributed by atoms with Crippen LogP contribution in [-0.4, -0.2) is 22.7 Å². The molecular weight excluding hydrogens is 196 g/mol. The Kier molecular flexibility index (Phi) is 2.00. The van der Waals surface area contributed by atoms with Crippen molar-refractivity contribution in [3.63, 3.8) is 0 Å². The van der Waals surface area contributed by atoms with Gasteiger partial charge >= 0.3 is 5.97 Å². The number of carbonyl (C=O) groups excluding carboxylic acids is 1. The molecule has 1 aliphatic rings. The van der Waals surface area contributed by atoms with Crippen LogP contribution in [-0.2, 0) is 11.3 Å². The van der Waals surface area contributed by atoms with Crippen molar-refractivity contribution in [1.29, 1.82) is 0 Å². The van der Waals surface area contributed by atoms with Crippen molar-refractivity contribution in [3.8, 4) is 0 Å². The first-order valence-electron chi connectivity index (χ1n) is 4.30. The molecule has 76 valence electrons. The van der Waals surface area contributed by atoms with Crippen LogP contribution >= 0.6 is 0 Å². The lowest BCUT2D eigenvalue weighted by molar-refractivity contribution is -0.111. The predicted octanol–water partition coefficient (Wildman–Crippen LogP) is 0.173. The van der Waals surface area contributed by atoms with Crippen LogP contribution in [0.4, 0.5) is 0 Å². The van der Waals surface area contributed by atoms with Gasteiger partial charge in [-0.2, -0.15) is 0 Å². The summed E-state index contributed by atoms with van der Waals surface area (Å²) in [4.78, 5) is 25.6. The lowest BCUT2D eigenvalue weighted by Crippen LogP contribution is -2.22. The van der Waals surface area contributed by atoms with E-state index in [-0.39, 0.29) is 11.3 Å². The Bertz CT molecular complexity index is 491. The molecule has 0 aromatic heterocycles. The molecule has 3 N–H and O–H groups in total. The van der Waals surface area contributed by atoms with E-state index in [1.807, 2.05) is 0 Å². The summed E-state index contributed by atoms with van der Waals surface area (Å²) in [5, 5.41) is 8.76. The first-order valence-corrected chi connectivity index (χ1v) is 4.30. The molecule has 1 aromatic carbocycles. The Morgan fingerprint density at radius 3 is 2.73 bits per heavy atom. The molecule has 1 amide bonds. The minimum atomic E-state index is -0.995. The van der Waals surface area contributed by atoms with Gasteiger partial charge < -0.3 is 10.8 Å². The maximum atomic E-state index is 11.0. The van der Waals surface area contributed by atoms with Crippen molar-refractivity contribution >= 4 is 17.6 Å². The zero-order valence-electron chi connectivity index (χ0n) is 7.73. The van der Waals surface area contributed by atoms with Gasteiger partial charge in [0.2, 0.25) is 0 Å². The van der Waals surface area contributed by atoms with Crippen molar-refractivity contribution in [1.82, 2.24) is 0 Å².